The summed E-state index contributed by atoms with van der Waals surface area (Å²) in [6.07, 6.45) is 11.3. The summed E-state index contributed by atoms with van der Waals surface area (Å²) in [5.74, 6) is 0.784. The zero-order valence-corrected chi connectivity index (χ0v) is 13.8. The van der Waals surface area contributed by atoms with Crippen molar-refractivity contribution in [2.24, 2.45) is 16.7 Å². The molecule has 0 saturated carbocycles. The molecule has 0 aliphatic heterocycles. The van der Waals surface area contributed by atoms with Crippen LogP contribution in [0.2, 0.25) is 0 Å². The first-order valence-corrected chi connectivity index (χ1v) is 8.07. The minimum Gasteiger partial charge on any atom is -0.103 e. The van der Waals surface area contributed by atoms with Crippen LogP contribution in [0.5, 0.6) is 0 Å². The van der Waals surface area contributed by atoms with Crippen LogP contribution in [0.1, 0.15) is 86.5 Å². The third-order valence-electron chi connectivity index (χ3n) is 5.42. The molecule has 0 radical (unpaired) electrons. The van der Waals surface area contributed by atoms with Crippen LogP contribution in [0.4, 0.5) is 0 Å². The van der Waals surface area contributed by atoms with Crippen molar-refractivity contribution in [3.05, 3.63) is 12.7 Å². The van der Waals surface area contributed by atoms with E-state index in [1.807, 2.05) is 0 Å². The SMILES string of the molecule is C=CC(CC)(CCC)CC(C)C(C)(CC)CCC. The second kappa shape index (κ2) is 8.02. The highest BCUT2D eigenvalue weighted by atomic mass is 14.4. The van der Waals surface area contributed by atoms with Gasteiger partial charge in [0.05, 0.1) is 0 Å². The highest BCUT2D eigenvalue weighted by molar-refractivity contribution is 4.96. The van der Waals surface area contributed by atoms with E-state index >= 15 is 0 Å². The van der Waals surface area contributed by atoms with Gasteiger partial charge in [-0.3, -0.25) is 0 Å². The molecule has 0 amide bonds. The zero-order chi connectivity index (χ0) is 14.2. The lowest BCUT2D eigenvalue weighted by Crippen LogP contribution is -2.30. The zero-order valence-electron chi connectivity index (χ0n) is 13.8. The van der Waals surface area contributed by atoms with Crippen molar-refractivity contribution in [2.75, 3.05) is 0 Å². The topological polar surface area (TPSA) is 0 Å². The molecule has 3 unspecified atom stereocenters. The molecular weight excluding hydrogens is 216 g/mol. The molecule has 18 heavy (non-hydrogen) atoms. The van der Waals surface area contributed by atoms with Crippen molar-refractivity contribution < 1.29 is 0 Å². The van der Waals surface area contributed by atoms with Gasteiger partial charge in [0.1, 0.15) is 0 Å². The molecule has 0 aromatic rings. The van der Waals surface area contributed by atoms with Gasteiger partial charge in [0.15, 0.2) is 0 Å². The summed E-state index contributed by atoms with van der Waals surface area (Å²) < 4.78 is 0. The molecular formula is C18H36. The Labute approximate surface area is 116 Å². The largest absolute Gasteiger partial charge is 0.103 e. The smallest absolute Gasteiger partial charge is 0.0121 e. The highest BCUT2D eigenvalue weighted by Crippen LogP contribution is 2.45. The first kappa shape index (κ1) is 17.7. The van der Waals surface area contributed by atoms with E-state index in [2.05, 4.69) is 54.2 Å². The second-order valence-corrected chi connectivity index (χ2v) is 6.53. The lowest BCUT2D eigenvalue weighted by molar-refractivity contribution is 0.116. The molecule has 0 aliphatic rings. The lowest BCUT2D eigenvalue weighted by atomic mass is 9.64. The summed E-state index contributed by atoms with van der Waals surface area (Å²) in [5.41, 5.74) is 0.879. The van der Waals surface area contributed by atoms with Crippen molar-refractivity contribution in [1.29, 1.82) is 0 Å². The summed E-state index contributed by atoms with van der Waals surface area (Å²) in [4.78, 5) is 0. The molecule has 0 bridgehead atoms. The Bertz CT molecular complexity index is 230. The lowest BCUT2D eigenvalue weighted by Gasteiger charge is -2.41. The molecule has 0 saturated heterocycles. The Balaban J connectivity index is 4.86. The Kier molecular flexibility index (Phi) is 7.90. The maximum Gasteiger partial charge on any atom is -0.0121 e. The van der Waals surface area contributed by atoms with E-state index in [9.17, 15) is 0 Å². The van der Waals surface area contributed by atoms with Crippen LogP contribution in [-0.4, -0.2) is 0 Å². The summed E-state index contributed by atoms with van der Waals surface area (Å²) in [6.45, 7) is 18.4. The second-order valence-electron chi connectivity index (χ2n) is 6.53. The van der Waals surface area contributed by atoms with Crippen molar-refractivity contribution in [2.45, 2.75) is 86.5 Å². The van der Waals surface area contributed by atoms with Gasteiger partial charge in [-0.05, 0) is 42.4 Å². The van der Waals surface area contributed by atoms with Gasteiger partial charge in [0.25, 0.3) is 0 Å². The van der Waals surface area contributed by atoms with E-state index in [1.54, 1.807) is 0 Å². The molecule has 0 heteroatoms. The van der Waals surface area contributed by atoms with Crippen LogP contribution in [0, 0.1) is 16.7 Å². The third-order valence-corrected chi connectivity index (χ3v) is 5.42. The van der Waals surface area contributed by atoms with Gasteiger partial charge >= 0.3 is 0 Å². The van der Waals surface area contributed by atoms with E-state index in [1.165, 1.54) is 44.9 Å². The van der Waals surface area contributed by atoms with Gasteiger partial charge in [-0.2, -0.15) is 0 Å². The molecule has 0 aromatic heterocycles. The third kappa shape index (κ3) is 4.44. The van der Waals surface area contributed by atoms with Crippen LogP contribution in [0.3, 0.4) is 0 Å². The Hall–Kier alpha value is -0.260. The molecule has 0 spiro atoms. The van der Waals surface area contributed by atoms with Gasteiger partial charge in [0.2, 0.25) is 0 Å². The molecule has 0 rings (SSSR count). The monoisotopic (exact) mass is 252 g/mol. The van der Waals surface area contributed by atoms with Crippen LogP contribution in [-0.2, 0) is 0 Å². The Morgan fingerprint density at radius 1 is 1.00 bits per heavy atom. The van der Waals surface area contributed by atoms with Crippen molar-refractivity contribution in [3.8, 4) is 0 Å². The van der Waals surface area contributed by atoms with Gasteiger partial charge in [-0.25, -0.2) is 0 Å². The van der Waals surface area contributed by atoms with Gasteiger partial charge in [-0.1, -0.05) is 66.9 Å². The van der Waals surface area contributed by atoms with Crippen molar-refractivity contribution in [1.82, 2.24) is 0 Å². The molecule has 0 nitrogen and oxygen atoms in total. The molecule has 0 fully saturated rings. The maximum absolute atomic E-state index is 4.13. The quantitative estimate of drug-likeness (QED) is 0.384. The normalized spacial score (nSPS) is 19.9. The highest BCUT2D eigenvalue weighted by Gasteiger charge is 2.34. The van der Waals surface area contributed by atoms with Crippen LogP contribution in [0.15, 0.2) is 12.7 Å². The van der Waals surface area contributed by atoms with Crippen LogP contribution in [0.25, 0.3) is 0 Å². The standard InChI is InChI=1S/C18H36/c1-8-13-17(7,10-3)16(6)15-18(11-4,12-5)14-9-2/h11,16H,4,8-10,12-15H2,1-3,5-7H3. The summed E-state index contributed by atoms with van der Waals surface area (Å²) >= 11 is 0. The Morgan fingerprint density at radius 3 is 1.89 bits per heavy atom. The Morgan fingerprint density at radius 2 is 1.56 bits per heavy atom. The van der Waals surface area contributed by atoms with E-state index in [-0.39, 0.29) is 0 Å². The van der Waals surface area contributed by atoms with E-state index in [0.29, 0.717) is 10.8 Å². The predicted molar refractivity (Wildman–Crippen MR) is 84.9 cm³/mol. The van der Waals surface area contributed by atoms with Crippen molar-refractivity contribution >= 4 is 0 Å². The summed E-state index contributed by atoms with van der Waals surface area (Å²) in [6, 6.07) is 0. The molecule has 108 valence electrons. The molecule has 0 aliphatic carbocycles. The fraction of sp³-hybridized carbons (Fsp3) is 0.889. The molecule has 0 aromatic carbocycles. The predicted octanol–water partition coefficient (Wildman–Crippen LogP) is 6.61. The van der Waals surface area contributed by atoms with Gasteiger partial charge in [-0.15, -0.1) is 6.58 Å². The fourth-order valence-corrected chi connectivity index (χ4v) is 3.45. The van der Waals surface area contributed by atoms with Crippen LogP contribution >= 0.6 is 0 Å². The van der Waals surface area contributed by atoms with E-state index in [4.69, 9.17) is 0 Å². The number of rotatable bonds is 10. The average Bonchev–Trinajstić information content (AvgIpc) is 2.38. The van der Waals surface area contributed by atoms with Crippen LogP contribution < -0.4 is 0 Å². The minimum absolute atomic E-state index is 0.373. The first-order valence-electron chi connectivity index (χ1n) is 8.07. The number of hydrogen-bond acceptors (Lipinski definition) is 0. The average molecular weight is 252 g/mol. The maximum atomic E-state index is 4.13. The summed E-state index contributed by atoms with van der Waals surface area (Å²) in [5, 5.41) is 0. The van der Waals surface area contributed by atoms with E-state index in [0.717, 1.165) is 5.92 Å². The van der Waals surface area contributed by atoms with E-state index < -0.39 is 0 Å². The number of hydrogen-bond donors (Lipinski definition) is 0. The van der Waals surface area contributed by atoms with Crippen molar-refractivity contribution in [3.63, 3.8) is 0 Å². The van der Waals surface area contributed by atoms with Gasteiger partial charge < -0.3 is 0 Å². The fourth-order valence-electron chi connectivity index (χ4n) is 3.45. The van der Waals surface area contributed by atoms with Gasteiger partial charge in [0, 0.05) is 0 Å². The number of allylic oxidation sites excluding steroid dienone is 1. The minimum atomic E-state index is 0.373. The first-order chi connectivity index (χ1) is 8.43. The molecule has 0 heterocycles. The summed E-state index contributed by atoms with van der Waals surface area (Å²) in [7, 11) is 0. The molecule has 0 N–H and O–H groups in total. The molecule has 3 atom stereocenters.